The van der Waals surface area contributed by atoms with Gasteiger partial charge in [-0.2, -0.15) is 0 Å². The maximum Gasteiger partial charge on any atom is 0.225 e. The topological polar surface area (TPSA) is 92.5 Å². The molecular formula is C14H23N3O3S. The molecule has 1 aromatic rings. The summed E-state index contributed by atoms with van der Waals surface area (Å²) in [6.07, 6.45) is 1.52. The molecule has 118 valence electrons. The van der Waals surface area contributed by atoms with E-state index < -0.39 is 9.84 Å². The number of hydrogen-bond acceptors (Lipinski definition) is 5. The zero-order chi connectivity index (χ0) is 16.0. The molecule has 0 atom stereocenters. The van der Waals surface area contributed by atoms with Gasteiger partial charge in [-0.05, 0) is 37.7 Å². The van der Waals surface area contributed by atoms with Crippen LogP contribution >= 0.6 is 0 Å². The first-order chi connectivity index (χ1) is 9.67. The molecule has 0 aliphatic carbocycles. The summed E-state index contributed by atoms with van der Waals surface area (Å²) >= 11 is 0. The molecule has 0 bridgehead atoms. The summed E-state index contributed by atoms with van der Waals surface area (Å²) in [4.78, 5) is 13.7. The summed E-state index contributed by atoms with van der Waals surface area (Å²) in [7, 11) is -1.17. The zero-order valence-electron chi connectivity index (χ0n) is 12.7. The fourth-order valence-electron chi connectivity index (χ4n) is 1.77. The molecule has 6 nitrogen and oxygen atoms in total. The highest BCUT2D eigenvalue weighted by atomic mass is 32.2. The van der Waals surface area contributed by atoms with Gasteiger partial charge in [0.05, 0.1) is 5.75 Å². The third kappa shape index (κ3) is 7.10. The van der Waals surface area contributed by atoms with Crippen LogP contribution < -0.4 is 11.1 Å². The molecule has 0 aromatic heterocycles. The Morgan fingerprint density at radius 3 is 2.57 bits per heavy atom. The van der Waals surface area contributed by atoms with E-state index in [1.54, 1.807) is 25.2 Å². The molecular weight excluding hydrogens is 290 g/mol. The van der Waals surface area contributed by atoms with E-state index in [0.717, 1.165) is 11.3 Å². The lowest BCUT2D eigenvalue weighted by Crippen LogP contribution is -2.28. The van der Waals surface area contributed by atoms with Gasteiger partial charge in [0.15, 0.2) is 0 Å². The second-order valence-electron chi connectivity index (χ2n) is 5.31. The Morgan fingerprint density at radius 1 is 1.33 bits per heavy atom. The van der Waals surface area contributed by atoms with E-state index in [-0.39, 0.29) is 11.7 Å². The average Bonchev–Trinajstić information content (AvgIpc) is 2.36. The van der Waals surface area contributed by atoms with Crippen LogP contribution in [0.5, 0.6) is 0 Å². The van der Waals surface area contributed by atoms with E-state index >= 15 is 0 Å². The quantitative estimate of drug-likeness (QED) is 0.729. The third-order valence-electron chi connectivity index (χ3n) is 3.09. The van der Waals surface area contributed by atoms with Gasteiger partial charge in [0.1, 0.15) is 9.84 Å². The molecule has 0 saturated heterocycles. The number of anilines is 2. The van der Waals surface area contributed by atoms with Crippen molar-refractivity contribution in [3.05, 3.63) is 23.8 Å². The normalized spacial score (nSPS) is 11.6. The van der Waals surface area contributed by atoms with Gasteiger partial charge >= 0.3 is 0 Å². The molecule has 7 heteroatoms. The number of carbonyl (C=O) groups is 1. The Hall–Kier alpha value is -1.60. The summed E-state index contributed by atoms with van der Waals surface area (Å²) < 4.78 is 22.1. The van der Waals surface area contributed by atoms with E-state index in [4.69, 9.17) is 5.73 Å². The molecule has 0 fully saturated rings. The number of carbonyl (C=O) groups excluding carboxylic acids is 1. The van der Waals surface area contributed by atoms with Crippen LogP contribution in [0.1, 0.15) is 12.0 Å². The standard InChI is InChI=1S/C14H23N3O3S/c1-11-10-12(15)4-5-13(11)16-14(18)6-7-17(2)8-9-21(3,19)20/h4-5,10H,6-9,15H2,1-3H3,(H,16,18). The summed E-state index contributed by atoms with van der Waals surface area (Å²) in [5.41, 5.74) is 7.97. The highest BCUT2D eigenvalue weighted by molar-refractivity contribution is 7.90. The van der Waals surface area contributed by atoms with Crippen LogP contribution in [0.4, 0.5) is 11.4 Å². The Morgan fingerprint density at radius 2 is 2.00 bits per heavy atom. The summed E-state index contributed by atoms with van der Waals surface area (Å²) in [6, 6.07) is 5.31. The largest absolute Gasteiger partial charge is 0.399 e. The molecule has 0 aliphatic rings. The van der Waals surface area contributed by atoms with Gasteiger partial charge in [0, 0.05) is 37.1 Å². The molecule has 1 aromatic carbocycles. The van der Waals surface area contributed by atoms with E-state index in [1.807, 2.05) is 11.8 Å². The predicted octanol–water partition coefficient (Wildman–Crippen LogP) is 0.882. The smallest absolute Gasteiger partial charge is 0.225 e. The number of rotatable bonds is 7. The number of nitrogens with two attached hydrogens (primary N) is 1. The number of nitrogen functional groups attached to an aromatic ring is 1. The first-order valence-corrected chi connectivity index (χ1v) is 8.75. The van der Waals surface area contributed by atoms with Crippen molar-refractivity contribution in [2.24, 2.45) is 0 Å². The van der Waals surface area contributed by atoms with Gasteiger partial charge in [-0.15, -0.1) is 0 Å². The monoisotopic (exact) mass is 313 g/mol. The minimum atomic E-state index is -2.97. The summed E-state index contributed by atoms with van der Waals surface area (Å²) in [5.74, 6) is -0.00331. The second-order valence-corrected chi connectivity index (χ2v) is 7.57. The molecule has 0 radical (unpaired) electrons. The van der Waals surface area contributed by atoms with Crippen LogP contribution in [0.3, 0.4) is 0 Å². The number of benzene rings is 1. The Balaban J connectivity index is 2.40. The van der Waals surface area contributed by atoms with Gasteiger partial charge in [-0.1, -0.05) is 0 Å². The van der Waals surface area contributed by atoms with Crippen molar-refractivity contribution in [1.82, 2.24) is 4.90 Å². The van der Waals surface area contributed by atoms with Gasteiger partial charge < -0.3 is 16.0 Å². The SMILES string of the molecule is Cc1cc(N)ccc1NC(=O)CCN(C)CCS(C)(=O)=O. The van der Waals surface area contributed by atoms with Gasteiger partial charge in [-0.3, -0.25) is 4.79 Å². The van der Waals surface area contributed by atoms with Crippen molar-refractivity contribution in [3.8, 4) is 0 Å². The first kappa shape index (κ1) is 17.5. The maximum absolute atomic E-state index is 11.9. The summed E-state index contributed by atoms with van der Waals surface area (Å²) in [6.45, 7) is 2.81. The number of hydrogen-bond donors (Lipinski definition) is 2. The molecule has 0 aliphatic heterocycles. The van der Waals surface area contributed by atoms with Gasteiger partial charge in [0.25, 0.3) is 0 Å². The fourth-order valence-corrected chi connectivity index (χ4v) is 2.41. The first-order valence-electron chi connectivity index (χ1n) is 6.69. The van der Waals surface area contributed by atoms with E-state index in [1.165, 1.54) is 6.26 Å². The van der Waals surface area contributed by atoms with Crippen LogP contribution in [0.2, 0.25) is 0 Å². The third-order valence-corrected chi connectivity index (χ3v) is 4.01. The Bertz CT molecular complexity index is 599. The lowest BCUT2D eigenvalue weighted by Gasteiger charge is -2.16. The number of amides is 1. The molecule has 1 amide bonds. The van der Waals surface area contributed by atoms with Crippen molar-refractivity contribution >= 4 is 27.1 Å². The molecule has 0 heterocycles. The lowest BCUT2D eigenvalue weighted by molar-refractivity contribution is -0.116. The molecule has 0 saturated carbocycles. The van der Waals surface area contributed by atoms with E-state index in [0.29, 0.717) is 25.2 Å². The van der Waals surface area contributed by atoms with Crippen LogP contribution in [-0.2, 0) is 14.6 Å². The van der Waals surface area contributed by atoms with Crippen LogP contribution in [0.15, 0.2) is 18.2 Å². The van der Waals surface area contributed by atoms with Crippen molar-refractivity contribution in [1.29, 1.82) is 0 Å². The average molecular weight is 313 g/mol. The predicted molar refractivity (Wildman–Crippen MR) is 86.0 cm³/mol. The minimum Gasteiger partial charge on any atom is -0.399 e. The Labute approximate surface area is 126 Å². The van der Waals surface area contributed by atoms with E-state index in [9.17, 15) is 13.2 Å². The summed E-state index contributed by atoms with van der Waals surface area (Å²) in [5, 5.41) is 2.83. The van der Waals surface area contributed by atoms with Gasteiger partial charge in [-0.25, -0.2) is 8.42 Å². The van der Waals surface area contributed by atoms with Crippen LogP contribution in [0, 0.1) is 6.92 Å². The molecule has 3 N–H and O–H groups in total. The molecule has 0 unspecified atom stereocenters. The van der Waals surface area contributed by atoms with E-state index in [2.05, 4.69) is 5.32 Å². The molecule has 1 rings (SSSR count). The fraction of sp³-hybridized carbons (Fsp3) is 0.500. The van der Waals surface area contributed by atoms with Crippen molar-refractivity contribution < 1.29 is 13.2 Å². The highest BCUT2D eigenvalue weighted by Gasteiger charge is 2.09. The molecule has 21 heavy (non-hydrogen) atoms. The number of nitrogens with zero attached hydrogens (tertiary/aromatic N) is 1. The van der Waals surface area contributed by atoms with Crippen molar-refractivity contribution in [2.45, 2.75) is 13.3 Å². The molecule has 0 spiro atoms. The number of nitrogens with one attached hydrogen (secondary N) is 1. The number of sulfone groups is 1. The zero-order valence-corrected chi connectivity index (χ0v) is 13.5. The second kappa shape index (κ2) is 7.42. The minimum absolute atomic E-state index is 0.0994. The highest BCUT2D eigenvalue weighted by Crippen LogP contribution is 2.17. The van der Waals surface area contributed by atoms with Crippen molar-refractivity contribution in [2.75, 3.05) is 43.2 Å². The van der Waals surface area contributed by atoms with Crippen molar-refractivity contribution in [3.63, 3.8) is 0 Å². The lowest BCUT2D eigenvalue weighted by atomic mass is 10.2. The Kier molecular flexibility index (Phi) is 6.17. The van der Waals surface area contributed by atoms with Gasteiger partial charge in [0.2, 0.25) is 5.91 Å². The number of aryl methyl sites for hydroxylation is 1. The maximum atomic E-state index is 11.9. The van der Waals surface area contributed by atoms with Crippen LogP contribution in [-0.4, -0.2) is 51.4 Å². The van der Waals surface area contributed by atoms with Crippen LogP contribution in [0.25, 0.3) is 0 Å².